The summed E-state index contributed by atoms with van der Waals surface area (Å²) in [5.74, 6) is -1.02. The van der Waals surface area contributed by atoms with Crippen molar-refractivity contribution in [2.24, 2.45) is 5.92 Å². The van der Waals surface area contributed by atoms with Gasteiger partial charge in [0.2, 0.25) is 0 Å². The van der Waals surface area contributed by atoms with Crippen molar-refractivity contribution in [3.8, 4) is 0 Å². The fourth-order valence-electron chi connectivity index (χ4n) is 2.42. The lowest BCUT2D eigenvalue weighted by atomic mass is 9.87. The summed E-state index contributed by atoms with van der Waals surface area (Å²) in [5.41, 5.74) is 0.754. The Bertz CT molecular complexity index is 389. The average Bonchev–Trinajstić information content (AvgIpc) is 2.36. The van der Waals surface area contributed by atoms with E-state index in [1.54, 1.807) is 6.07 Å². The van der Waals surface area contributed by atoms with E-state index in [0.717, 1.165) is 43.9 Å². The molecule has 0 radical (unpaired) electrons. The van der Waals surface area contributed by atoms with Gasteiger partial charge >= 0.3 is 0 Å². The van der Waals surface area contributed by atoms with Crippen LogP contribution >= 0.6 is 0 Å². The van der Waals surface area contributed by atoms with Gasteiger partial charge in [0, 0.05) is 6.54 Å². The lowest BCUT2D eigenvalue weighted by Crippen LogP contribution is -2.27. The summed E-state index contributed by atoms with van der Waals surface area (Å²) < 4.78 is 25.7. The Kier molecular flexibility index (Phi) is 4.66. The molecule has 0 saturated heterocycles. The van der Waals surface area contributed by atoms with Gasteiger partial charge in [-0.3, -0.25) is 0 Å². The molecular weight excluding hydrogens is 236 g/mol. The van der Waals surface area contributed by atoms with Gasteiger partial charge in [0.25, 0.3) is 0 Å². The smallest absolute Gasteiger partial charge is 0.159 e. The van der Waals surface area contributed by atoms with E-state index in [9.17, 15) is 13.9 Å². The highest BCUT2D eigenvalue weighted by atomic mass is 19.2. The summed E-state index contributed by atoms with van der Waals surface area (Å²) in [4.78, 5) is 0. The maximum Gasteiger partial charge on any atom is 0.159 e. The fraction of sp³-hybridized carbons (Fsp3) is 0.571. The SMILES string of the molecule is OC1CCC(CNCc2ccc(F)c(F)c2)CC1. The third-order valence-electron chi connectivity index (χ3n) is 3.56. The van der Waals surface area contributed by atoms with Crippen molar-refractivity contribution >= 4 is 0 Å². The molecule has 100 valence electrons. The first-order valence-electron chi connectivity index (χ1n) is 6.48. The number of hydrogen-bond acceptors (Lipinski definition) is 2. The fourth-order valence-corrected chi connectivity index (χ4v) is 2.42. The molecule has 1 aliphatic rings. The van der Waals surface area contributed by atoms with Crippen LogP contribution in [0.1, 0.15) is 31.2 Å². The van der Waals surface area contributed by atoms with Crippen LogP contribution in [0, 0.1) is 17.6 Å². The molecule has 18 heavy (non-hydrogen) atoms. The average molecular weight is 255 g/mol. The third kappa shape index (κ3) is 3.75. The van der Waals surface area contributed by atoms with Crippen molar-refractivity contribution in [3.63, 3.8) is 0 Å². The monoisotopic (exact) mass is 255 g/mol. The Morgan fingerprint density at radius 2 is 1.83 bits per heavy atom. The van der Waals surface area contributed by atoms with Gasteiger partial charge in [-0.25, -0.2) is 8.78 Å². The molecule has 0 heterocycles. The molecule has 2 N–H and O–H groups in total. The number of hydrogen-bond donors (Lipinski definition) is 2. The number of benzene rings is 1. The van der Waals surface area contributed by atoms with Crippen LogP contribution in [0.5, 0.6) is 0 Å². The number of nitrogens with one attached hydrogen (secondary N) is 1. The van der Waals surface area contributed by atoms with Crippen molar-refractivity contribution in [2.75, 3.05) is 6.54 Å². The number of aliphatic hydroxyl groups excluding tert-OH is 1. The molecule has 0 spiro atoms. The summed E-state index contributed by atoms with van der Waals surface area (Å²) in [7, 11) is 0. The molecule has 0 atom stereocenters. The molecule has 0 bridgehead atoms. The largest absolute Gasteiger partial charge is 0.393 e. The van der Waals surface area contributed by atoms with Gasteiger partial charge in [-0.1, -0.05) is 6.07 Å². The van der Waals surface area contributed by atoms with Crippen molar-refractivity contribution in [2.45, 2.75) is 38.3 Å². The number of rotatable bonds is 4. The molecule has 4 heteroatoms. The van der Waals surface area contributed by atoms with Gasteiger partial charge in [-0.05, 0) is 55.8 Å². The minimum atomic E-state index is -0.806. The summed E-state index contributed by atoms with van der Waals surface area (Å²) in [5, 5.41) is 12.7. The molecule has 1 aromatic rings. The highest BCUT2D eigenvalue weighted by Gasteiger charge is 2.18. The van der Waals surface area contributed by atoms with Crippen LogP contribution in [-0.2, 0) is 6.54 Å². The highest BCUT2D eigenvalue weighted by Crippen LogP contribution is 2.23. The van der Waals surface area contributed by atoms with E-state index in [2.05, 4.69) is 5.32 Å². The van der Waals surface area contributed by atoms with Crippen LogP contribution in [0.25, 0.3) is 0 Å². The van der Waals surface area contributed by atoms with Crippen LogP contribution in [0.2, 0.25) is 0 Å². The molecule has 2 nitrogen and oxygen atoms in total. The molecule has 0 aliphatic heterocycles. The van der Waals surface area contributed by atoms with Gasteiger partial charge in [-0.2, -0.15) is 0 Å². The predicted octanol–water partition coefficient (Wildman–Crippen LogP) is 2.61. The summed E-state index contributed by atoms with van der Waals surface area (Å²) in [6, 6.07) is 3.98. The molecule has 2 rings (SSSR count). The Labute approximate surface area is 106 Å². The van der Waals surface area contributed by atoms with Crippen LogP contribution in [0.3, 0.4) is 0 Å². The second-order valence-electron chi connectivity index (χ2n) is 5.05. The van der Waals surface area contributed by atoms with Crippen LogP contribution in [0.15, 0.2) is 18.2 Å². The van der Waals surface area contributed by atoms with E-state index in [1.165, 1.54) is 6.07 Å². The molecule has 1 aromatic carbocycles. The van der Waals surface area contributed by atoms with Gasteiger partial charge < -0.3 is 10.4 Å². The first-order chi connectivity index (χ1) is 8.65. The van der Waals surface area contributed by atoms with Crippen molar-refractivity contribution in [1.29, 1.82) is 0 Å². The molecule has 1 saturated carbocycles. The molecule has 1 fully saturated rings. The minimum Gasteiger partial charge on any atom is -0.393 e. The topological polar surface area (TPSA) is 32.3 Å². The molecule has 0 amide bonds. The Morgan fingerprint density at radius 1 is 1.11 bits per heavy atom. The van der Waals surface area contributed by atoms with Gasteiger partial charge in [-0.15, -0.1) is 0 Å². The third-order valence-corrected chi connectivity index (χ3v) is 3.56. The van der Waals surface area contributed by atoms with E-state index in [1.807, 2.05) is 0 Å². The quantitative estimate of drug-likeness (QED) is 0.866. The van der Waals surface area contributed by atoms with Crippen molar-refractivity contribution in [1.82, 2.24) is 5.32 Å². The summed E-state index contributed by atoms with van der Waals surface area (Å²) in [6.07, 6.45) is 3.68. The number of halogens is 2. The molecule has 0 aromatic heterocycles. The van der Waals surface area contributed by atoms with E-state index in [0.29, 0.717) is 12.5 Å². The first kappa shape index (κ1) is 13.4. The number of aliphatic hydroxyl groups is 1. The Hall–Kier alpha value is -1.00. The standard InChI is InChI=1S/C14H19F2NO/c15-13-6-3-11(7-14(13)16)9-17-8-10-1-4-12(18)5-2-10/h3,6-7,10,12,17-18H,1-2,4-5,8-9H2. The minimum absolute atomic E-state index is 0.132. The van der Waals surface area contributed by atoms with E-state index in [4.69, 9.17) is 0 Å². The van der Waals surface area contributed by atoms with Gasteiger partial charge in [0.15, 0.2) is 11.6 Å². The first-order valence-corrected chi connectivity index (χ1v) is 6.48. The summed E-state index contributed by atoms with van der Waals surface area (Å²) in [6.45, 7) is 1.42. The van der Waals surface area contributed by atoms with E-state index < -0.39 is 11.6 Å². The molecule has 0 unspecified atom stereocenters. The Morgan fingerprint density at radius 3 is 2.50 bits per heavy atom. The lowest BCUT2D eigenvalue weighted by Gasteiger charge is -2.25. The van der Waals surface area contributed by atoms with E-state index in [-0.39, 0.29) is 6.10 Å². The normalized spacial score (nSPS) is 24.2. The zero-order chi connectivity index (χ0) is 13.0. The van der Waals surface area contributed by atoms with Crippen molar-refractivity contribution < 1.29 is 13.9 Å². The van der Waals surface area contributed by atoms with E-state index >= 15 is 0 Å². The second kappa shape index (κ2) is 6.25. The zero-order valence-electron chi connectivity index (χ0n) is 10.3. The second-order valence-corrected chi connectivity index (χ2v) is 5.05. The van der Waals surface area contributed by atoms with Crippen molar-refractivity contribution in [3.05, 3.63) is 35.4 Å². The zero-order valence-corrected chi connectivity index (χ0v) is 10.3. The predicted molar refractivity (Wildman–Crippen MR) is 66.0 cm³/mol. The lowest BCUT2D eigenvalue weighted by molar-refractivity contribution is 0.108. The molecular formula is C14H19F2NO. The maximum atomic E-state index is 13.0. The molecule has 1 aliphatic carbocycles. The summed E-state index contributed by atoms with van der Waals surface area (Å²) >= 11 is 0. The van der Waals surface area contributed by atoms with Gasteiger partial charge in [0.1, 0.15) is 0 Å². The van der Waals surface area contributed by atoms with Gasteiger partial charge in [0.05, 0.1) is 6.10 Å². The van der Waals surface area contributed by atoms with Crippen LogP contribution in [0.4, 0.5) is 8.78 Å². The van der Waals surface area contributed by atoms with Crippen LogP contribution in [-0.4, -0.2) is 17.8 Å². The van der Waals surface area contributed by atoms with Crippen LogP contribution < -0.4 is 5.32 Å². The maximum absolute atomic E-state index is 13.0. The highest BCUT2D eigenvalue weighted by molar-refractivity contribution is 5.17. The Balaban J connectivity index is 1.73.